The third-order valence-corrected chi connectivity index (χ3v) is 4.00. The van der Waals surface area contributed by atoms with Gasteiger partial charge in [-0.3, -0.25) is 4.79 Å². The number of hydrogen-bond donors (Lipinski definition) is 1. The van der Waals surface area contributed by atoms with Crippen LogP contribution in [0.1, 0.15) is 10.6 Å². The molecular formula is C17H9BrClF2NO2. The quantitative estimate of drug-likeness (QED) is 0.582. The van der Waals surface area contributed by atoms with Crippen LogP contribution in [0.2, 0.25) is 5.02 Å². The van der Waals surface area contributed by atoms with Gasteiger partial charge < -0.3 is 9.73 Å². The van der Waals surface area contributed by atoms with E-state index < -0.39 is 17.5 Å². The summed E-state index contributed by atoms with van der Waals surface area (Å²) < 4.78 is 32.9. The summed E-state index contributed by atoms with van der Waals surface area (Å²) >= 11 is 8.87. The molecule has 24 heavy (non-hydrogen) atoms. The highest BCUT2D eigenvalue weighted by Crippen LogP contribution is 2.27. The second-order valence-corrected chi connectivity index (χ2v) is 6.19. The molecular weight excluding hydrogens is 404 g/mol. The lowest BCUT2D eigenvalue weighted by molar-refractivity contribution is 0.0997. The van der Waals surface area contributed by atoms with Gasteiger partial charge in [-0.2, -0.15) is 0 Å². The molecule has 0 spiro atoms. The summed E-state index contributed by atoms with van der Waals surface area (Å²) in [5, 5.41) is 2.38. The molecule has 0 aliphatic heterocycles. The van der Waals surface area contributed by atoms with Crippen molar-refractivity contribution in [3.8, 4) is 11.3 Å². The molecule has 3 aromatic rings. The molecule has 3 rings (SSSR count). The van der Waals surface area contributed by atoms with Gasteiger partial charge in [-0.15, -0.1) is 0 Å². The first-order chi connectivity index (χ1) is 11.4. The Kier molecular flexibility index (Phi) is 4.69. The predicted octanol–water partition coefficient (Wildman–Crippen LogP) is 5.89. The summed E-state index contributed by atoms with van der Waals surface area (Å²) in [5.74, 6) is -1.38. The highest BCUT2D eigenvalue weighted by molar-refractivity contribution is 9.10. The van der Waals surface area contributed by atoms with Crippen LogP contribution < -0.4 is 5.32 Å². The van der Waals surface area contributed by atoms with Crippen molar-refractivity contribution in [3.05, 3.63) is 75.4 Å². The lowest BCUT2D eigenvalue weighted by Crippen LogP contribution is -2.12. The molecule has 3 nitrogen and oxygen atoms in total. The smallest absolute Gasteiger partial charge is 0.291 e. The van der Waals surface area contributed by atoms with Gasteiger partial charge in [-0.25, -0.2) is 8.78 Å². The summed E-state index contributed by atoms with van der Waals surface area (Å²) in [5.41, 5.74) is 0.557. The summed E-state index contributed by atoms with van der Waals surface area (Å²) in [6.45, 7) is 0. The average Bonchev–Trinajstić information content (AvgIpc) is 3.03. The number of rotatable bonds is 3. The van der Waals surface area contributed by atoms with E-state index in [0.717, 1.165) is 0 Å². The third-order valence-electron chi connectivity index (χ3n) is 3.21. The van der Waals surface area contributed by atoms with Crippen LogP contribution in [0.5, 0.6) is 0 Å². The summed E-state index contributed by atoms with van der Waals surface area (Å²) in [6, 6.07) is 11.4. The molecule has 1 amide bonds. The average molecular weight is 413 g/mol. The maximum absolute atomic E-state index is 13.8. The number of anilines is 1. The molecule has 0 unspecified atom stereocenters. The standard InChI is InChI=1S/C17H9BrClF2NO2/c18-10-2-4-14(13(21)8-10)22-17(23)16-6-5-15(24-16)9-1-3-12(20)11(19)7-9/h1-8H,(H,22,23). The molecule has 7 heteroatoms. The fourth-order valence-electron chi connectivity index (χ4n) is 2.04. The Bertz CT molecular complexity index is 927. The molecule has 0 radical (unpaired) electrons. The molecule has 122 valence electrons. The van der Waals surface area contributed by atoms with Gasteiger partial charge in [-0.05, 0) is 48.5 Å². The van der Waals surface area contributed by atoms with Gasteiger partial charge in [0.2, 0.25) is 0 Å². The lowest BCUT2D eigenvalue weighted by Gasteiger charge is -2.05. The molecule has 0 atom stereocenters. The Hall–Kier alpha value is -2.18. The topological polar surface area (TPSA) is 42.2 Å². The highest BCUT2D eigenvalue weighted by atomic mass is 79.9. The second-order valence-electron chi connectivity index (χ2n) is 4.87. The van der Waals surface area contributed by atoms with Gasteiger partial charge in [0.25, 0.3) is 5.91 Å². The first-order valence-corrected chi connectivity index (χ1v) is 7.93. The Morgan fingerprint density at radius 3 is 2.54 bits per heavy atom. The number of amides is 1. The van der Waals surface area contributed by atoms with Gasteiger partial charge in [0.15, 0.2) is 5.76 Å². The molecule has 1 aromatic heterocycles. The van der Waals surface area contributed by atoms with E-state index in [1.54, 1.807) is 12.1 Å². The van der Waals surface area contributed by atoms with Crippen LogP contribution in [0.4, 0.5) is 14.5 Å². The number of benzene rings is 2. The Morgan fingerprint density at radius 2 is 1.83 bits per heavy atom. The lowest BCUT2D eigenvalue weighted by atomic mass is 10.2. The molecule has 1 heterocycles. The third kappa shape index (κ3) is 3.49. The molecule has 2 aromatic carbocycles. The molecule has 0 saturated heterocycles. The number of furan rings is 1. The van der Waals surface area contributed by atoms with Crippen LogP contribution in [0.25, 0.3) is 11.3 Å². The van der Waals surface area contributed by atoms with Gasteiger partial charge in [0, 0.05) is 10.0 Å². The van der Waals surface area contributed by atoms with E-state index in [4.69, 9.17) is 16.0 Å². The summed E-state index contributed by atoms with van der Waals surface area (Å²) in [7, 11) is 0. The molecule has 1 N–H and O–H groups in total. The molecule has 0 aliphatic carbocycles. The van der Waals surface area contributed by atoms with Crippen molar-refractivity contribution >= 4 is 39.1 Å². The summed E-state index contributed by atoms with van der Waals surface area (Å²) in [4.78, 5) is 12.1. The minimum Gasteiger partial charge on any atom is -0.451 e. The van der Waals surface area contributed by atoms with Crippen LogP contribution in [-0.4, -0.2) is 5.91 Å². The minimum atomic E-state index is -0.601. The van der Waals surface area contributed by atoms with E-state index in [0.29, 0.717) is 15.8 Å². The van der Waals surface area contributed by atoms with Gasteiger partial charge in [0.1, 0.15) is 17.4 Å². The van der Waals surface area contributed by atoms with E-state index in [1.165, 1.54) is 36.4 Å². The monoisotopic (exact) mass is 411 g/mol. The number of carbonyl (C=O) groups is 1. The maximum Gasteiger partial charge on any atom is 0.291 e. The van der Waals surface area contributed by atoms with Crippen LogP contribution in [0.3, 0.4) is 0 Å². The van der Waals surface area contributed by atoms with Crippen molar-refractivity contribution in [1.82, 2.24) is 0 Å². The zero-order chi connectivity index (χ0) is 17.3. The fraction of sp³-hybridized carbons (Fsp3) is 0. The van der Waals surface area contributed by atoms with Gasteiger partial charge in [0.05, 0.1) is 10.7 Å². The highest BCUT2D eigenvalue weighted by Gasteiger charge is 2.15. The van der Waals surface area contributed by atoms with Crippen LogP contribution in [0, 0.1) is 11.6 Å². The first-order valence-electron chi connectivity index (χ1n) is 6.76. The van der Waals surface area contributed by atoms with Crippen molar-refractivity contribution in [1.29, 1.82) is 0 Å². The SMILES string of the molecule is O=C(Nc1ccc(Br)cc1F)c1ccc(-c2ccc(F)c(Cl)c2)o1. The van der Waals surface area contributed by atoms with Crippen molar-refractivity contribution in [2.24, 2.45) is 0 Å². The first kappa shape index (κ1) is 16.7. The fourth-order valence-corrected chi connectivity index (χ4v) is 2.55. The predicted molar refractivity (Wildman–Crippen MR) is 91.2 cm³/mol. The Labute approximate surface area is 149 Å². The van der Waals surface area contributed by atoms with Crippen molar-refractivity contribution in [2.45, 2.75) is 0 Å². The van der Waals surface area contributed by atoms with E-state index in [2.05, 4.69) is 21.2 Å². The minimum absolute atomic E-state index is 0.00670. The van der Waals surface area contributed by atoms with Crippen LogP contribution in [0.15, 0.2) is 57.4 Å². The Morgan fingerprint density at radius 1 is 1.04 bits per heavy atom. The van der Waals surface area contributed by atoms with Crippen molar-refractivity contribution in [3.63, 3.8) is 0 Å². The Balaban J connectivity index is 1.82. The second kappa shape index (κ2) is 6.75. The number of carbonyl (C=O) groups excluding carboxylic acids is 1. The van der Waals surface area contributed by atoms with E-state index >= 15 is 0 Å². The van der Waals surface area contributed by atoms with E-state index in [9.17, 15) is 13.6 Å². The molecule has 0 saturated carbocycles. The van der Waals surface area contributed by atoms with Crippen molar-refractivity contribution in [2.75, 3.05) is 5.32 Å². The van der Waals surface area contributed by atoms with E-state index in [1.807, 2.05) is 0 Å². The number of hydrogen-bond acceptors (Lipinski definition) is 2. The number of nitrogens with one attached hydrogen (secondary N) is 1. The molecule has 0 bridgehead atoms. The van der Waals surface area contributed by atoms with Crippen LogP contribution >= 0.6 is 27.5 Å². The van der Waals surface area contributed by atoms with Crippen LogP contribution in [-0.2, 0) is 0 Å². The zero-order valence-corrected chi connectivity index (χ0v) is 14.3. The van der Waals surface area contributed by atoms with Gasteiger partial charge in [-0.1, -0.05) is 27.5 Å². The number of halogens is 4. The summed E-state index contributed by atoms with van der Waals surface area (Å²) in [6.07, 6.45) is 0. The zero-order valence-electron chi connectivity index (χ0n) is 11.9. The van der Waals surface area contributed by atoms with E-state index in [-0.39, 0.29) is 16.5 Å². The normalized spacial score (nSPS) is 10.7. The van der Waals surface area contributed by atoms with Crippen molar-refractivity contribution < 1.29 is 18.0 Å². The molecule has 0 fully saturated rings. The molecule has 0 aliphatic rings. The largest absolute Gasteiger partial charge is 0.451 e. The van der Waals surface area contributed by atoms with Gasteiger partial charge >= 0.3 is 0 Å². The maximum atomic E-state index is 13.8.